The van der Waals surface area contributed by atoms with Crippen LogP contribution in [-0.4, -0.2) is 11.7 Å². The Hall–Kier alpha value is -0.600. The molecule has 1 nitrogen and oxygen atoms in total. The molecule has 0 saturated heterocycles. The third kappa shape index (κ3) is 1.91. The van der Waals surface area contributed by atoms with E-state index in [1.54, 1.807) is 26.8 Å². The second kappa shape index (κ2) is 4.28. The van der Waals surface area contributed by atoms with Gasteiger partial charge in [0, 0.05) is 17.5 Å². The number of halogens is 2. The Morgan fingerprint density at radius 2 is 2.07 bits per heavy atom. The number of rotatable bonds is 2. The lowest BCUT2D eigenvalue weighted by molar-refractivity contribution is 0.270. The average Bonchev–Trinajstić information content (AvgIpc) is 2.15. The van der Waals surface area contributed by atoms with E-state index in [2.05, 4.69) is 0 Å². The highest BCUT2D eigenvalue weighted by molar-refractivity contribution is 6.31. The van der Waals surface area contributed by atoms with E-state index in [9.17, 15) is 4.39 Å². The molecule has 0 aliphatic rings. The van der Waals surface area contributed by atoms with Gasteiger partial charge in [0.1, 0.15) is 5.82 Å². The molecule has 0 aliphatic heterocycles. The molecule has 1 unspecified atom stereocenters. The molecule has 0 heterocycles. The maximum atomic E-state index is 13.7. The Balaban J connectivity index is 3.39. The zero-order chi connectivity index (χ0) is 10.9. The SMILES string of the molecule is Cc1cc(Cl)c(C)c(C(C)CO)c1F. The third-order valence-electron chi connectivity index (χ3n) is 2.45. The van der Waals surface area contributed by atoms with Crippen molar-refractivity contribution in [3.63, 3.8) is 0 Å². The Morgan fingerprint density at radius 1 is 1.50 bits per heavy atom. The molecule has 0 fully saturated rings. The summed E-state index contributed by atoms with van der Waals surface area (Å²) < 4.78 is 13.7. The zero-order valence-corrected chi connectivity index (χ0v) is 9.32. The Kier molecular flexibility index (Phi) is 3.51. The summed E-state index contributed by atoms with van der Waals surface area (Å²) in [4.78, 5) is 0. The van der Waals surface area contributed by atoms with Crippen LogP contribution in [0.15, 0.2) is 6.07 Å². The van der Waals surface area contributed by atoms with Crippen LogP contribution in [0.2, 0.25) is 5.02 Å². The van der Waals surface area contributed by atoms with E-state index in [4.69, 9.17) is 16.7 Å². The first-order chi connectivity index (χ1) is 6.49. The van der Waals surface area contributed by atoms with Crippen LogP contribution < -0.4 is 0 Å². The van der Waals surface area contributed by atoms with Crippen molar-refractivity contribution in [3.8, 4) is 0 Å². The van der Waals surface area contributed by atoms with Gasteiger partial charge >= 0.3 is 0 Å². The number of hydrogen-bond donors (Lipinski definition) is 1. The molecule has 1 aromatic rings. The van der Waals surface area contributed by atoms with Crippen LogP contribution in [0.1, 0.15) is 29.5 Å². The molecule has 14 heavy (non-hydrogen) atoms. The zero-order valence-electron chi connectivity index (χ0n) is 8.56. The van der Waals surface area contributed by atoms with Gasteiger partial charge in [0.05, 0.1) is 0 Å². The lowest BCUT2D eigenvalue weighted by atomic mass is 9.94. The first-order valence-corrected chi connectivity index (χ1v) is 4.92. The van der Waals surface area contributed by atoms with Gasteiger partial charge in [0.2, 0.25) is 0 Å². The summed E-state index contributed by atoms with van der Waals surface area (Å²) in [7, 11) is 0. The molecule has 1 rings (SSSR count). The molecule has 1 aromatic carbocycles. The van der Waals surface area contributed by atoms with Gasteiger partial charge in [-0.1, -0.05) is 18.5 Å². The van der Waals surface area contributed by atoms with E-state index in [1.165, 1.54) is 0 Å². The molecule has 0 spiro atoms. The topological polar surface area (TPSA) is 20.2 Å². The summed E-state index contributed by atoms with van der Waals surface area (Å²) in [5.41, 5.74) is 1.77. The van der Waals surface area contributed by atoms with E-state index < -0.39 is 0 Å². The fourth-order valence-electron chi connectivity index (χ4n) is 1.54. The molecule has 1 N–H and O–H groups in total. The van der Waals surface area contributed by atoms with E-state index in [-0.39, 0.29) is 18.3 Å². The van der Waals surface area contributed by atoms with Crippen molar-refractivity contribution >= 4 is 11.6 Å². The normalized spacial score (nSPS) is 13.0. The smallest absolute Gasteiger partial charge is 0.130 e. The van der Waals surface area contributed by atoms with E-state index >= 15 is 0 Å². The molecule has 0 aliphatic carbocycles. The average molecular weight is 217 g/mol. The molecule has 78 valence electrons. The highest BCUT2D eigenvalue weighted by atomic mass is 35.5. The standard InChI is InChI=1S/C11H14ClFO/c1-6-4-9(12)8(3)10(11(6)13)7(2)5-14/h4,7,14H,5H2,1-3H3. The fourth-order valence-corrected chi connectivity index (χ4v) is 1.81. The van der Waals surface area contributed by atoms with Crippen LogP contribution in [0, 0.1) is 19.7 Å². The van der Waals surface area contributed by atoms with Crippen LogP contribution in [0.3, 0.4) is 0 Å². The van der Waals surface area contributed by atoms with Crippen molar-refractivity contribution in [1.29, 1.82) is 0 Å². The molecular weight excluding hydrogens is 203 g/mol. The number of benzene rings is 1. The molecule has 3 heteroatoms. The van der Waals surface area contributed by atoms with Crippen LogP contribution in [0.4, 0.5) is 4.39 Å². The van der Waals surface area contributed by atoms with Gasteiger partial charge in [-0.3, -0.25) is 0 Å². The van der Waals surface area contributed by atoms with Gasteiger partial charge in [0.15, 0.2) is 0 Å². The molecule has 0 amide bonds. The van der Waals surface area contributed by atoms with Gasteiger partial charge in [-0.05, 0) is 36.6 Å². The van der Waals surface area contributed by atoms with Gasteiger partial charge in [-0.2, -0.15) is 0 Å². The van der Waals surface area contributed by atoms with Crippen molar-refractivity contribution in [1.82, 2.24) is 0 Å². The van der Waals surface area contributed by atoms with E-state index in [1.807, 2.05) is 0 Å². The maximum absolute atomic E-state index is 13.7. The minimum absolute atomic E-state index is 0.0719. The van der Waals surface area contributed by atoms with Crippen molar-refractivity contribution in [2.24, 2.45) is 0 Å². The van der Waals surface area contributed by atoms with Crippen molar-refractivity contribution in [2.75, 3.05) is 6.61 Å². The molecule has 0 radical (unpaired) electrons. The summed E-state index contributed by atoms with van der Waals surface area (Å²) in [6.07, 6.45) is 0. The number of hydrogen-bond acceptors (Lipinski definition) is 1. The minimum Gasteiger partial charge on any atom is -0.396 e. The van der Waals surface area contributed by atoms with Gasteiger partial charge in [0.25, 0.3) is 0 Å². The van der Waals surface area contributed by atoms with Gasteiger partial charge in [-0.25, -0.2) is 4.39 Å². The fraction of sp³-hybridized carbons (Fsp3) is 0.455. The predicted molar refractivity (Wildman–Crippen MR) is 56.4 cm³/mol. The van der Waals surface area contributed by atoms with Crippen LogP contribution >= 0.6 is 11.6 Å². The van der Waals surface area contributed by atoms with E-state index in [0.29, 0.717) is 16.1 Å². The number of aryl methyl sites for hydroxylation is 1. The number of aliphatic hydroxyl groups is 1. The predicted octanol–water partition coefficient (Wildman–Crippen LogP) is 3.19. The Bertz CT molecular complexity index is 323. The molecule has 0 aromatic heterocycles. The largest absolute Gasteiger partial charge is 0.396 e. The second-order valence-corrected chi connectivity index (χ2v) is 4.02. The van der Waals surface area contributed by atoms with Crippen LogP contribution in [-0.2, 0) is 0 Å². The molecular formula is C11H14ClFO. The third-order valence-corrected chi connectivity index (χ3v) is 2.85. The molecule has 0 saturated carbocycles. The first kappa shape index (κ1) is 11.5. The maximum Gasteiger partial charge on any atom is 0.130 e. The van der Waals surface area contributed by atoms with Crippen LogP contribution in [0.25, 0.3) is 0 Å². The van der Waals surface area contributed by atoms with Crippen molar-refractivity contribution in [3.05, 3.63) is 33.6 Å². The second-order valence-electron chi connectivity index (χ2n) is 3.61. The molecule has 1 atom stereocenters. The monoisotopic (exact) mass is 216 g/mol. The summed E-state index contributed by atoms with van der Waals surface area (Å²) in [5.74, 6) is -0.471. The minimum atomic E-state index is -0.256. The summed E-state index contributed by atoms with van der Waals surface area (Å²) in [5, 5.41) is 9.56. The summed E-state index contributed by atoms with van der Waals surface area (Å²) in [6, 6.07) is 1.61. The van der Waals surface area contributed by atoms with Gasteiger partial charge < -0.3 is 5.11 Å². The summed E-state index contributed by atoms with van der Waals surface area (Å²) >= 11 is 5.94. The lowest BCUT2D eigenvalue weighted by Gasteiger charge is -2.15. The highest BCUT2D eigenvalue weighted by Gasteiger charge is 2.17. The highest BCUT2D eigenvalue weighted by Crippen LogP contribution is 2.30. The van der Waals surface area contributed by atoms with Crippen LogP contribution in [0.5, 0.6) is 0 Å². The molecule has 0 bridgehead atoms. The quantitative estimate of drug-likeness (QED) is 0.805. The Morgan fingerprint density at radius 3 is 2.57 bits per heavy atom. The van der Waals surface area contributed by atoms with Crippen molar-refractivity contribution in [2.45, 2.75) is 26.7 Å². The van der Waals surface area contributed by atoms with Gasteiger partial charge in [-0.15, -0.1) is 0 Å². The lowest BCUT2D eigenvalue weighted by Crippen LogP contribution is -2.06. The number of aliphatic hydroxyl groups excluding tert-OH is 1. The van der Waals surface area contributed by atoms with Crippen molar-refractivity contribution < 1.29 is 9.50 Å². The van der Waals surface area contributed by atoms with E-state index in [0.717, 1.165) is 5.56 Å². The first-order valence-electron chi connectivity index (χ1n) is 4.55. The Labute approximate surface area is 88.5 Å². The summed E-state index contributed by atoms with van der Waals surface area (Å²) in [6.45, 7) is 5.15.